The van der Waals surface area contributed by atoms with Gasteiger partial charge in [0.15, 0.2) is 0 Å². The third-order valence-electron chi connectivity index (χ3n) is 31.1. The summed E-state index contributed by atoms with van der Waals surface area (Å²) in [6, 6.07) is 123. The molecule has 696 valence electrons. The molecule has 0 heterocycles. The van der Waals surface area contributed by atoms with Crippen molar-refractivity contribution in [2.75, 3.05) is 19.6 Å². The number of hydrogen-bond acceptors (Lipinski definition) is 4. The van der Waals surface area contributed by atoms with Crippen LogP contribution >= 0.6 is 0 Å². The van der Waals surface area contributed by atoms with E-state index in [-0.39, 0.29) is 45.8 Å². The minimum Gasteiger partial charge on any atom is -0.310 e. The second kappa shape index (κ2) is 34.3. The van der Waals surface area contributed by atoms with Crippen LogP contribution in [0.1, 0.15) is 242 Å². The van der Waals surface area contributed by atoms with Crippen molar-refractivity contribution in [3.05, 3.63) is 452 Å². The number of nitrogens with zero attached hydrogens (tertiary/aromatic N) is 4. The largest absolute Gasteiger partial charge is 0.310 e. The predicted molar refractivity (Wildman–Crippen MR) is 602 cm³/mol. The second-order valence-electron chi connectivity index (χ2n) is 45.1. The molecule has 0 aliphatic heterocycles. The molecule has 0 saturated carbocycles. The molecule has 0 fully saturated rings. The first-order valence-electron chi connectivity index (χ1n) is 52.4. The van der Waals surface area contributed by atoms with E-state index in [0.29, 0.717) is 33.7 Å². The quantitative estimate of drug-likeness (QED) is 0.0956. The van der Waals surface area contributed by atoms with Crippen LogP contribution in [0.4, 0.5) is 68.2 Å². The molecule has 140 heavy (non-hydrogen) atoms. The minimum absolute atomic E-state index is 0.0152. The normalized spacial score (nSPS) is 14.5. The Hall–Kier alpha value is -14.3. The van der Waals surface area contributed by atoms with Gasteiger partial charge in [-0.1, -0.05) is 328 Å². The smallest absolute Gasteiger partial charge is 0.0636 e. The van der Waals surface area contributed by atoms with Crippen molar-refractivity contribution in [2.24, 2.45) is 0 Å². The Morgan fingerprint density at radius 3 is 0.664 bits per heavy atom. The Morgan fingerprint density at radius 2 is 0.429 bits per heavy atom. The average molecular weight is 1830 g/mol. The molecule has 4 heteroatoms. The van der Waals surface area contributed by atoms with Crippen LogP contribution in [-0.4, -0.2) is 0 Å². The molecule has 0 radical (unpaired) electrons. The number of fused-ring (bicyclic) bond motifs is 14. The Morgan fingerprint density at radius 1 is 0.214 bits per heavy atom. The highest BCUT2D eigenvalue weighted by Gasteiger charge is 2.45. The fraction of sp³-hybridized carbons (Fsp3) is 0.235. The number of aryl methyl sites for hydroxylation is 6. The Kier molecular flexibility index (Phi) is 21.4. The van der Waals surface area contributed by atoms with Crippen molar-refractivity contribution in [1.29, 1.82) is 0 Å². The maximum absolute atomic E-state index is 10.0. The minimum atomic E-state index is -0.658. The second-order valence-corrected chi connectivity index (χ2v) is 45.1. The number of hydrogen-bond donors (Lipinski definition) is 0. The Balaban J connectivity index is 0.000000172. The van der Waals surface area contributed by atoms with E-state index in [1.165, 1.54) is 133 Å². The standard InChI is InChI=1S/C76H74N2.C60H58N2/c1-47-15-31-55(32-16-47)77(56-33-17-48(2)18-34-56)59-39-41-61-65(43-59)75(11,12)67-45-63-64(69(71(61)67)51-23-27-53(28-24-51)73(5,6)7)46-68-72(70(63)52-25-29-54(30-26-52)74(8,9)10)62-42-40-60(44-66(62)76(68,13)14)78(57-35-19-49(3)20-36-57)58-37-21-50(4)22-38-58;1-37(2)41-15-23-47(24-16-41)61(45-19-11-39(5)12-20-45)49-27-29-51-53-31-43-34-56-54(32-44(43)33-55(53)59(7,8)57(51)35-49)52-30-28-50(36-58(52)60(56,9)10)62(46-21-13-40(6)14-22-46)48-25-17-42(18-26-48)38(3)4/h15-46H,1-14H3;11-38H,1-10H3/i;31D,32D,33D,34D. The van der Waals surface area contributed by atoms with Gasteiger partial charge in [-0.05, 0) is 401 Å². The fourth-order valence-electron chi connectivity index (χ4n) is 22.5. The van der Waals surface area contributed by atoms with E-state index < -0.39 is 10.8 Å². The molecule has 0 saturated heterocycles. The summed E-state index contributed by atoms with van der Waals surface area (Å²) in [5.41, 5.74) is 46.3. The third-order valence-corrected chi connectivity index (χ3v) is 31.1. The first-order valence-corrected chi connectivity index (χ1v) is 50.4. The first kappa shape index (κ1) is 87.2. The van der Waals surface area contributed by atoms with Gasteiger partial charge in [0.2, 0.25) is 0 Å². The van der Waals surface area contributed by atoms with Gasteiger partial charge in [0.1, 0.15) is 0 Å². The van der Waals surface area contributed by atoms with Crippen LogP contribution in [0.15, 0.2) is 352 Å². The molecule has 18 aromatic carbocycles. The lowest BCUT2D eigenvalue weighted by atomic mass is 9.76. The van der Waals surface area contributed by atoms with E-state index >= 15 is 0 Å². The number of anilines is 12. The molecule has 0 N–H and O–H groups in total. The zero-order chi connectivity index (χ0) is 102. The van der Waals surface area contributed by atoms with Gasteiger partial charge in [-0.25, -0.2) is 0 Å². The van der Waals surface area contributed by atoms with E-state index in [2.05, 4.69) is 513 Å². The summed E-state index contributed by atoms with van der Waals surface area (Å²) in [5, 5.41) is 3.35. The molecule has 0 spiro atoms. The summed E-state index contributed by atoms with van der Waals surface area (Å²) < 4.78 is 40.2. The molecule has 4 aliphatic rings. The molecule has 4 aliphatic carbocycles. The molecule has 18 aromatic rings. The van der Waals surface area contributed by atoms with Crippen LogP contribution in [0, 0.1) is 41.5 Å². The van der Waals surface area contributed by atoms with Crippen LogP contribution in [-0.2, 0) is 32.5 Å². The van der Waals surface area contributed by atoms with Crippen molar-refractivity contribution in [2.45, 2.75) is 210 Å². The van der Waals surface area contributed by atoms with Gasteiger partial charge in [0.25, 0.3) is 0 Å². The van der Waals surface area contributed by atoms with Gasteiger partial charge in [-0.3, -0.25) is 0 Å². The highest BCUT2D eigenvalue weighted by Crippen LogP contribution is 2.63. The molecule has 22 rings (SSSR count). The lowest BCUT2D eigenvalue weighted by molar-refractivity contribution is 0.590. The van der Waals surface area contributed by atoms with Crippen molar-refractivity contribution in [1.82, 2.24) is 0 Å². The maximum Gasteiger partial charge on any atom is 0.0636 e. The van der Waals surface area contributed by atoms with E-state index in [4.69, 9.17) is 0 Å². The van der Waals surface area contributed by atoms with E-state index in [1.54, 1.807) is 0 Å². The van der Waals surface area contributed by atoms with Crippen LogP contribution in [0.5, 0.6) is 0 Å². The molecular formula is C136H132N4. The summed E-state index contributed by atoms with van der Waals surface area (Å²) in [7, 11) is 0. The lowest BCUT2D eigenvalue weighted by Crippen LogP contribution is -2.17. The molecule has 0 bridgehead atoms. The van der Waals surface area contributed by atoms with Gasteiger partial charge in [-0.15, -0.1) is 0 Å². The van der Waals surface area contributed by atoms with Gasteiger partial charge < -0.3 is 19.6 Å². The average Bonchev–Trinajstić information content (AvgIpc) is 1.51. The van der Waals surface area contributed by atoms with E-state index in [1.807, 2.05) is 0 Å². The van der Waals surface area contributed by atoms with Crippen molar-refractivity contribution in [3.63, 3.8) is 0 Å². The first-order chi connectivity index (χ1) is 68.5. The van der Waals surface area contributed by atoms with Gasteiger partial charge in [0, 0.05) is 89.9 Å². The lowest BCUT2D eigenvalue weighted by Gasteiger charge is -2.29. The molecule has 0 unspecified atom stereocenters. The van der Waals surface area contributed by atoms with Crippen molar-refractivity contribution >= 4 is 89.8 Å². The summed E-state index contributed by atoms with van der Waals surface area (Å²) >= 11 is 0. The van der Waals surface area contributed by atoms with Gasteiger partial charge in [-0.2, -0.15) is 0 Å². The summed E-state index contributed by atoms with van der Waals surface area (Å²) in [6.45, 7) is 54.0. The zero-order valence-corrected chi connectivity index (χ0v) is 86.1. The molecule has 4 nitrogen and oxygen atoms in total. The highest BCUT2D eigenvalue weighted by atomic mass is 15.2. The monoisotopic (exact) mass is 1830 g/mol. The Labute approximate surface area is 838 Å². The van der Waals surface area contributed by atoms with E-state index in [9.17, 15) is 5.48 Å². The molecule has 0 aromatic heterocycles. The van der Waals surface area contributed by atoms with Crippen molar-refractivity contribution in [3.8, 4) is 66.8 Å². The van der Waals surface area contributed by atoms with Crippen LogP contribution in [0.3, 0.4) is 0 Å². The predicted octanol–water partition coefficient (Wildman–Crippen LogP) is 38.8. The third kappa shape index (κ3) is 15.9. The fourth-order valence-corrected chi connectivity index (χ4v) is 22.5. The van der Waals surface area contributed by atoms with E-state index in [0.717, 1.165) is 102 Å². The van der Waals surface area contributed by atoms with Crippen molar-refractivity contribution < 1.29 is 5.48 Å². The maximum atomic E-state index is 10.0. The summed E-state index contributed by atoms with van der Waals surface area (Å²) in [6.07, 6.45) is 0. The Bertz CT molecular complexity index is 7580. The highest BCUT2D eigenvalue weighted by molar-refractivity contribution is 6.17. The van der Waals surface area contributed by atoms with Gasteiger partial charge in [0.05, 0.1) is 5.48 Å². The summed E-state index contributed by atoms with van der Waals surface area (Å²) in [4.78, 5) is 9.42. The number of benzene rings is 18. The SMILES string of the molecule is Cc1ccc(N(c2ccc(C)cc2)c2ccc3c(c2)C(C)(C)c2cc4c(-c5ccc(C(C)(C)C)cc5)c5c(cc4c(-c4ccc(C(C)(C)C)cc4)c2-3)C(C)(C)c2cc(N(c3ccc(C)cc3)c3ccc(C)cc3)ccc2-5)cc1.[2H]c1c2c(c([2H])c3c([2H])c4c(c([2H])c13)C(C)(C)c1cc(N(c3ccc(C)cc3)c3ccc(C(C)C)cc3)ccc1-4)C(C)(C)c1cc(N(c3ccc(C)cc3)c3ccc(C(C)C)cc3)ccc1-2. The zero-order valence-electron chi connectivity index (χ0n) is 90.1. The number of rotatable bonds is 16. The topological polar surface area (TPSA) is 13.0 Å². The molecule has 0 atom stereocenters. The molecule has 0 amide bonds. The summed E-state index contributed by atoms with van der Waals surface area (Å²) in [5.74, 6) is 0.837. The van der Waals surface area contributed by atoms with Crippen LogP contribution < -0.4 is 19.6 Å². The van der Waals surface area contributed by atoms with Gasteiger partial charge >= 0.3 is 0 Å². The molecular weight excluding hydrogens is 1690 g/mol. The van der Waals surface area contributed by atoms with Crippen LogP contribution in [0.2, 0.25) is 0 Å². The van der Waals surface area contributed by atoms with Crippen LogP contribution in [0.25, 0.3) is 88.3 Å².